The summed E-state index contributed by atoms with van der Waals surface area (Å²) in [7, 11) is 0. The molecular weight excluding hydrogens is 1060 g/mol. The van der Waals surface area contributed by atoms with E-state index in [9.17, 15) is 11.0 Å². The summed E-state index contributed by atoms with van der Waals surface area (Å²) >= 11 is 0. The van der Waals surface area contributed by atoms with Crippen molar-refractivity contribution in [2.75, 3.05) is 0 Å². The third kappa shape index (κ3) is 9.17. The normalized spacial score (nSPS) is 15.3. The Morgan fingerprint density at radius 1 is 0.500 bits per heavy atom. The molecule has 7 heteroatoms. The quantitative estimate of drug-likeness (QED) is 0.0901. The molecule has 0 amide bonds. The van der Waals surface area contributed by atoms with E-state index in [1.165, 1.54) is 47.1 Å². The average molecular weight is 1120 g/mol. The minimum Gasteiger partial charge on any atom is -0.339 e. The van der Waals surface area contributed by atoms with Crippen molar-refractivity contribution >= 4 is 27.3 Å². The molecule has 6 nitrogen and oxygen atoms in total. The fourth-order valence-electron chi connectivity index (χ4n) is 8.93. The Morgan fingerprint density at radius 3 is 1.69 bits per heavy atom. The van der Waals surface area contributed by atoms with E-state index in [0.717, 1.165) is 17.2 Å². The molecule has 0 aliphatic carbocycles. The first-order valence-electron chi connectivity index (χ1n) is 29.8. The summed E-state index contributed by atoms with van der Waals surface area (Å²) in [6, 6.07) is 60.3. The standard InChI is InChI=1S/C65H47N6.Ir/c1-43-65-62-63(53-32-30-50(31-33-53)49-12-4-3-5-13-49)68-42-69-64(62)58-35-34-54(41-61(58)71(65)44(2)70-43)56-14-6-7-15-57(56)55-39-47(20-18-45-22-26-51(27-23-45)59-16-8-10-36-66-59)38-48(40-55)21-19-46-24-28-52(29-25-46)60-17-9-11-37-67-60;/h3-17,22-26,28,30-34,36-42H,18-21H2,1-2H3;/q-3;+3/i1D3,2D3,18D2,19D2,20D2,21D2;. The molecule has 0 fully saturated rings. The summed E-state index contributed by atoms with van der Waals surface area (Å²) in [4.78, 5) is 22.5. The van der Waals surface area contributed by atoms with Gasteiger partial charge in [0.1, 0.15) is 12.2 Å². The van der Waals surface area contributed by atoms with Crippen LogP contribution < -0.4 is 0 Å². The molecule has 0 atom stereocenters. The second-order valence-electron chi connectivity index (χ2n) is 16.8. The Kier molecular flexibility index (Phi) is 9.18. The molecule has 0 bridgehead atoms. The second-order valence-corrected chi connectivity index (χ2v) is 16.8. The number of hydrogen-bond donors (Lipinski definition) is 0. The summed E-state index contributed by atoms with van der Waals surface area (Å²) in [5.74, 6) is -0.535. The maximum Gasteiger partial charge on any atom is 3.00 e. The summed E-state index contributed by atoms with van der Waals surface area (Å²) in [6.45, 7) is -5.89. The van der Waals surface area contributed by atoms with Gasteiger partial charge >= 0.3 is 20.1 Å². The van der Waals surface area contributed by atoms with Crippen LogP contribution in [0.1, 0.15) is 53.0 Å². The molecule has 346 valence electrons. The first-order valence-corrected chi connectivity index (χ1v) is 22.8. The molecule has 0 aliphatic rings. The van der Waals surface area contributed by atoms with E-state index >= 15 is 0 Å². The number of hydrogen-bond acceptors (Lipinski definition) is 5. The predicted octanol–water partition coefficient (Wildman–Crippen LogP) is 14.8. The molecule has 0 radical (unpaired) electrons. The summed E-state index contributed by atoms with van der Waals surface area (Å²) in [5.41, 5.74) is 5.53. The van der Waals surface area contributed by atoms with Crippen LogP contribution >= 0.6 is 0 Å². The second kappa shape index (κ2) is 20.2. The largest absolute Gasteiger partial charge is 3.00 e. The minimum atomic E-state index is -2.96. The Balaban J connectivity index is 0.00000768. The van der Waals surface area contributed by atoms with E-state index in [0.29, 0.717) is 55.8 Å². The topological polar surface area (TPSA) is 68.9 Å². The van der Waals surface area contributed by atoms with Gasteiger partial charge in [-0.2, -0.15) is 0 Å². The molecule has 0 N–H and O–H groups in total. The van der Waals surface area contributed by atoms with Gasteiger partial charge in [-0.1, -0.05) is 145 Å². The monoisotopic (exact) mass is 1120 g/mol. The van der Waals surface area contributed by atoms with E-state index in [2.05, 4.69) is 38.1 Å². The fourth-order valence-corrected chi connectivity index (χ4v) is 8.93. The van der Waals surface area contributed by atoms with Crippen molar-refractivity contribution in [3.8, 4) is 67.2 Å². The summed E-state index contributed by atoms with van der Waals surface area (Å²) in [6.07, 6.45) is -6.91. The van der Waals surface area contributed by atoms with E-state index in [1.54, 1.807) is 97.3 Å². The molecule has 5 aromatic heterocycles. The van der Waals surface area contributed by atoms with Crippen LogP contribution in [0.25, 0.3) is 94.5 Å². The van der Waals surface area contributed by atoms with Gasteiger partial charge in [0, 0.05) is 48.1 Å². The van der Waals surface area contributed by atoms with Gasteiger partial charge in [0.2, 0.25) is 0 Å². The summed E-state index contributed by atoms with van der Waals surface area (Å²) < 4.78 is 131. The van der Waals surface area contributed by atoms with Crippen LogP contribution in [-0.4, -0.2) is 29.3 Å². The van der Waals surface area contributed by atoms with Crippen molar-refractivity contribution in [3.63, 3.8) is 0 Å². The number of nitrogens with zero attached hydrogens (tertiary/aromatic N) is 6. The first kappa shape index (κ1) is 32.6. The molecule has 72 heavy (non-hydrogen) atoms. The number of aryl methyl sites for hydroxylation is 6. The molecule has 5 heterocycles. The third-order valence-electron chi connectivity index (χ3n) is 12.3. The van der Waals surface area contributed by atoms with Crippen molar-refractivity contribution in [2.45, 2.75) is 39.2 Å². The zero-order valence-corrected chi connectivity index (χ0v) is 40.5. The van der Waals surface area contributed by atoms with Crippen molar-refractivity contribution in [2.24, 2.45) is 0 Å². The van der Waals surface area contributed by atoms with Crippen molar-refractivity contribution in [3.05, 3.63) is 253 Å². The molecular formula is C65H47IrN6. The van der Waals surface area contributed by atoms with Crippen LogP contribution in [0.15, 0.2) is 201 Å². The van der Waals surface area contributed by atoms with Crippen LogP contribution in [0.2, 0.25) is 0 Å². The molecule has 12 aromatic rings. The number of imidazole rings is 1. The van der Waals surface area contributed by atoms with Gasteiger partial charge in [-0.15, -0.1) is 94.4 Å². The number of benzene rings is 7. The Labute approximate surface area is 453 Å². The smallest absolute Gasteiger partial charge is 0.339 e. The number of pyridine rings is 3. The van der Waals surface area contributed by atoms with E-state index in [-0.39, 0.29) is 69.9 Å². The van der Waals surface area contributed by atoms with Crippen LogP contribution in [0.3, 0.4) is 0 Å². The number of aromatic nitrogens is 6. The molecule has 0 unspecified atom stereocenters. The minimum absolute atomic E-state index is 0. The Hall–Kier alpha value is -8.22. The molecule has 0 spiro atoms. The van der Waals surface area contributed by atoms with Crippen molar-refractivity contribution in [1.29, 1.82) is 0 Å². The van der Waals surface area contributed by atoms with Gasteiger partial charge in [0.05, 0.1) is 16.9 Å². The predicted molar refractivity (Wildman–Crippen MR) is 288 cm³/mol. The van der Waals surface area contributed by atoms with Gasteiger partial charge in [-0.05, 0) is 88.9 Å². The molecule has 0 aliphatic heterocycles. The van der Waals surface area contributed by atoms with E-state index < -0.39 is 50.7 Å². The van der Waals surface area contributed by atoms with Crippen molar-refractivity contribution < 1.29 is 39.3 Å². The third-order valence-corrected chi connectivity index (χ3v) is 12.3. The summed E-state index contributed by atoms with van der Waals surface area (Å²) in [5, 5.41) is 0.539. The SMILES string of the molecule is [2H]C([2H])([2H])c1nc(C([2H])([2H])[2H])n2c3cc(-c4ccccc4-c4cc(C([2H])([2H])C([2H])([2H])c5c[c-]c(-c6ccccn6)cc5)cc(C([2H])([2H])C([2H])([2H])c5c[c-]c(-c6ccccn6)cc5)c4)c[c-]c3c3ncnc(-c4ccc(-c5ccccc5)cc4)c3c12.[Ir+3]. The maximum atomic E-state index is 9.72. The zero-order chi connectivity index (χ0) is 59.8. The van der Waals surface area contributed by atoms with Crippen LogP contribution in [0, 0.1) is 31.9 Å². The Bertz CT molecular complexity index is 4360. The van der Waals surface area contributed by atoms with Gasteiger partial charge in [0.25, 0.3) is 0 Å². The zero-order valence-electron chi connectivity index (χ0n) is 52.1. The van der Waals surface area contributed by atoms with Gasteiger partial charge < -0.3 is 14.4 Å². The van der Waals surface area contributed by atoms with E-state index in [4.69, 9.17) is 13.2 Å². The fraction of sp³-hybridized carbons (Fsp3) is 0.0923. The maximum absolute atomic E-state index is 9.72. The molecule has 12 rings (SSSR count). The van der Waals surface area contributed by atoms with Gasteiger partial charge in [0.15, 0.2) is 0 Å². The molecule has 0 saturated heterocycles. The number of fused-ring (bicyclic) bond motifs is 6. The first-order chi connectivity index (χ1) is 40.4. The molecule has 0 saturated carbocycles. The average Bonchev–Trinajstić information content (AvgIpc) is 1.43. The van der Waals surface area contributed by atoms with Gasteiger partial charge in [-0.25, -0.2) is 9.97 Å². The number of rotatable bonds is 12. The molecule has 7 aromatic carbocycles. The van der Waals surface area contributed by atoms with Crippen LogP contribution in [0.4, 0.5) is 0 Å². The van der Waals surface area contributed by atoms with Crippen LogP contribution in [0.5, 0.6) is 0 Å². The Morgan fingerprint density at radius 2 is 1.10 bits per heavy atom. The van der Waals surface area contributed by atoms with Crippen LogP contribution in [-0.2, 0) is 45.6 Å². The van der Waals surface area contributed by atoms with Crippen molar-refractivity contribution in [1.82, 2.24) is 29.3 Å². The van der Waals surface area contributed by atoms with Gasteiger partial charge in [-0.3, -0.25) is 4.98 Å². The van der Waals surface area contributed by atoms with E-state index in [1.807, 2.05) is 54.6 Å².